The van der Waals surface area contributed by atoms with E-state index in [2.05, 4.69) is 0 Å². The van der Waals surface area contributed by atoms with Crippen molar-refractivity contribution < 1.29 is 4.92 Å². The van der Waals surface area contributed by atoms with Gasteiger partial charge in [-0.05, 0) is 13.8 Å². The fourth-order valence-electron chi connectivity index (χ4n) is 1.35. The lowest BCUT2D eigenvalue weighted by atomic mass is 10.1. The third kappa shape index (κ3) is 3.06. The fourth-order valence-corrected chi connectivity index (χ4v) is 1.35. The van der Waals surface area contributed by atoms with Crippen molar-refractivity contribution in [2.45, 2.75) is 13.8 Å². The number of rotatable bonds is 1. The third-order valence-corrected chi connectivity index (χ3v) is 2.07. The maximum Gasteiger partial charge on any atom is 0.275 e. The second kappa shape index (κ2) is 5.10. The van der Waals surface area contributed by atoms with Crippen LogP contribution in [0.2, 0.25) is 0 Å². The molecule has 78 valence electrons. The van der Waals surface area contributed by atoms with E-state index in [1.165, 1.54) is 0 Å². The molecule has 0 aliphatic rings. The van der Waals surface area contributed by atoms with Crippen LogP contribution in [-0.2, 0) is 0 Å². The molecule has 0 fully saturated rings. The first kappa shape index (κ1) is 11.2. The van der Waals surface area contributed by atoms with Crippen LogP contribution in [0.15, 0.2) is 42.5 Å². The van der Waals surface area contributed by atoms with Gasteiger partial charge >= 0.3 is 0 Å². The van der Waals surface area contributed by atoms with Crippen molar-refractivity contribution >= 4 is 5.69 Å². The average Bonchev–Trinajstić information content (AvgIpc) is 2.15. The molecule has 0 bridgehead atoms. The van der Waals surface area contributed by atoms with E-state index in [1.807, 2.05) is 18.2 Å². The average molecular weight is 203 g/mol. The van der Waals surface area contributed by atoms with E-state index in [1.54, 1.807) is 38.1 Å². The summed E-state index contributed by atoms with van der Waals surface area (Å²) in [6, 6.07) is 12.6. The molecule has 3 nitrogen and oxygen atoms in total. The van der Waals surface area contributed by atoms with Crippen molar-refractivity contribution in [3.8, 4) is 0 Å². The van der Waals surface area contributed by atoms with Crippen molar-refractivity contribution in [3.63, 3.8) is 0 Å². The van der Waals surface area contributed by atoms with Crippen molar-refractivity contribution in [2.75, 3.05) is 0 Å². The minimum Gasteiger partial charge on any atom is -0.258 e. The van der Waals surface area contributed by atoms with Gasteiger partial charge in [-0.25, -0.2) is 0 Å². The molecular weight excluding hydrogens is 190 g/mol. The lowest BCUT2D eigenvalue weighted by Crippen LogP contribution is -1.92. The molecule has 0 aromatic heterocycles. The maximum atomic E-state index is 10.9. The number of aryl methyl sites for hydroxylation is 2. The Kier molecular flexibility index (Phi) is 3.80. The first-order valence-electron chi connectivity index (χ1n) is 4.67. The molecule has 0 spiro atoms. The van der Waals surface area contributed by atoms with Gasteiger partial charge in [-0.1, -0.05) is 42.5 Å². The highest BCUT2D eigenvalue weighted by Crippen LogP contribution is 2.18. The standard InChI is InChI=1S/C12H13NO2/c1-10-8-6-4-3-5-7-9-11(2)12(10)13(14)15/h3-9H,1-2H3. The molecule has 1 rings (SSSR count). The van der Waals surface area contributed by atoms with Crippen LogP contribution >= 0.6 is 0 Å². The molecule has 0 amide bonds. The minimum absolute atomic E-state index is 0.172. The van der Waals surface area contributed by atoms with Crippen molar-refractivity contribution in [1.29, 1.82) is 0 Å². The zero-order valence-electron chi connectivity index (χ0n) is 8.81. The summed E-state index contributed by atoms with van der Waals surface area (Å²) in [5, 5.41) is 10.9. The maximum absolute atomic E-state index is 10.9. The molecule has 0 N–H and O–H groups in total. The Morgan fingerprint density at radius 2 is 1.33 bits per heavy atom. The number of hydrogen-bond donors (Lipinski definition) is 0. The Labute approximate surface area is 88.9 Å². The van der Waals surface area contributed by atoms with Gasteiger partial charge in [0.15, 0.2) is 0 Å². The van der Waals surface area contributed by atoms with Crippen LogP contribution in [0.3, 0.4) is 0 Å². The highest BCUT2D eigenvalue weighted by molar-refractivity contribution is 5.43. The van der Waals surface area contributed by atoms with Gasteiger partial charge in [-0.2, -0.15) is 0 Å². The topological polar surface area (TPSA) is 43.1 Å². The zero-order chi connectivity index (χ0) is 11.3. The lowest BCUT2D eigenvalue weighted by Gasteiger charge is -1.95. The summed E-state index contributed by atoms with van der Waals surface area (Å²) in [4.78, 5) is 10.5. The summed E-state index contributed by atoms with van der Waals surface area (Å²) in [6.45, 7) is 3.48. The van der Waals surface area contributed by atoms with Crippen LogP contribution in [0.1, 0.15) is 11.1 Å². The molecule has 0 aliphatic carbocycles. The predicted molar refractivity (Wildman–Crippen MR) is 60.2 cm³/mol. The van der Waals surface area contributed by atoms with Crippen LogP contribution in [-0.4, -0.2) is 4.92 Å². The molecule has 0 unspecified atom stereocenters. The zero-order valence-corrected chi connectivity index (χ0v) is 8.81. The summed E-state index contributed by atoms with van der Waals surface area (Å²) in [6.07, 6.45) is 0. The quantitative estimate of drug-likeness (QED) is 0.519. The van der Waals surface area contributed by atoms with E-state index in [4.69, 9.17) is 0 Å². The van der Waals surface area contributed by atoms with E-state index in [0.29, 0.717) is 11.1 Å². The van der Waals surface area contributed by atoms with E-state index >= 15 is 0 Å². The Balaban J connectivity index is 3.55. The molecular formula is C12H13NO2. The summed E-state index contributed by atoms with van der Waals surface area (Å²) in [7, 11) is 0. The normalized spacial score (nSPS) is 9.20. The number of nitro groups is 1. The number of hydrogen-bond acceptors (Lipinski definition) is 2. The molecule has 0 saturated heterocycles. The monoisotopic (exact) mass is 203 g/mol. The van der Waals surface area contributed by atoms with Gasteiger partial charge in [-0.15, -0.1) is 0 Å². The molecule has 1 aromatic rings. The SMILES string of the molecule is Cc1cccccccc(C)c1[N+](=O)[O-]. The van der Waals surface area contributed by atoms with Crippen LogP contribution in [0.4, 0.5) is 5.69 Å². The first-order valence-corrected chi connectivity index (χ1v) is 4.67. The number of nitrogens with zero attached hydrogens (tertiary/aromatic N) is 1. The largest absolute Gasteiger partial charge is 0.275 e. The molecule has 0 atom stereocenters. The van der Waals surface area contributed by atoms with Gasteiger partial charge < -0.3 is 0 Å². The first-order chi connectivity index (χ1) is 7.13. The van der Waals surface area contributed by atoms with Crippen molar-refractivity contribution in [3.05, 3.63) is 63.7 Å². The van der Waals surface area contributed by atoms with E-state index in [-0.39, 0.29) is 10.6 Å². The lowest BCUT2D eigenvalue weighted by molar-refractivity contribution is -0.386. The minimum atomic E-state index is -0.343. The van der Waals surface area contributed by atoms with Gasteiger partial charge in [0.1, 0.15) is 0 Å². The summed E-state index contributed by atoms with van der Waals surface area (Å²) in [5.74, 6) is 0. The fraction of sp³-hybridized carbons (Fsp3) is 0.167. The molecule has 3 heteroatoms. The van der Waals surface area contributed by atoms with Crippen molar-refractivity contribution in [1.82, 2.24) is 0 Å². The van der Waals surface area contributed by atoms with Crippen molar-refractivity contribution in [2.24, 2.45) is 0 Å². The van der Waals surface area contributed by atoms with E-state index in [0.717, 1.165) is 0 Å². The highest BCUT2D eigenvalue weighted by atomic mass is 16.6. The molecule has 15 heavy (non-hydrogen) atoms. The second-order valence-corrected chi connectivity index (χ2v) is 3.27. The Morgan fingerprint density at radius 1 is 0.933 bits per heavy atom. The van der Waals surface area contributed by atoms with Crippen LogP contribution in [0.5, 0.6) is 0 Å². The van der Waals surface area contributed by atoms with Gasteiger partial charge in [-0.3, -0.25) is 10.1 Å². The Hall–Kier alpha value is -1.90. The smallest absolute Gasteiger partial charge is 0.258 e. The van der Waals surface area contributed by atoms with Crippen LogP contribution in [0.25, 0.3) is 0 Å². The highest BCUT2D eigenvalue weighted by Gasteiger charge is 2.10. The molecule has 1 aromatic carbocycles. The molecule has 0 saturated carbocycles. The second-order valence-electron chi connectivity index (χ2n) is 3.27. The van der Waals surface area contributed by atoms with E-state index < -0.39 is 0 Å². The van der Waals surface area contributed by atoms with Gasteiger partial charge in [0, 0.05) is 11.1 Å². The van der Waals surface area contributed by atoms with E-state index in [9.17, 15) is 10.1 Å². The van der Waals surface area contributed by atoms with Crippen LogP contribution < -0.4 is 0 Å². The Morgan fingerprint density at radius 3 is 1.73 bits per heavy atom. The van der Waals surface area contributed by atoms with Gasteiger partial charge in [0.05, 0.1) is 4.92 Å². The summed E-state index contributed by atoms with van der Waals surface area (Å²) in [5.41, 5.74) is 1.49. The van der Waals surface area contributed by atoms with Gasteiger partial charge in [0.25, 0.3) is 5.69 Å². The Bertz CT molecular complexity index is 395. The molecule has 0 aliphatic heterocycles. The summed E-state index contributed by atoms with van der Waals surface area (Å²) >= 11 is 0. The molecule has 0 radical (unpaired) electrons. The predicted octanol–water partition coefficient (Wildman–Crippen LogP) is 3.34. The summed E-state index contributed by atoms with van der Waals surface area (Å²) < 4.78 is 0. The van der Waals surface area contributed by atoms with Gasteiger partial charge in [0.2, 0.25) is 0 Å². The molecule has 0 heterocycles. The van der Waals surface area contributed by atoms with Crippen LogP contribution in [0, 0.1) is 24.0 Å². The third-order valence-electron chi connectivity index (χ3n) is 2.07.